The molecule has 0 saturated carbocycles. The molecular weight excluding hydrogens is 456 g/mol. The van der Waals surface area contributed by atoms with Gasteiger partial charge in [0.1, 0.15) is 10.8 Å². The number of morpholine rings is 1. The van der Waals surface area contributed by atoms with Crippen LogP contribution in [0.5, 0.6) is 5.75 Å². The average molecular weight is 483 g/mol. The number of esters is 1. The molecule has 2 heterocycles. The minimum Gasteiger partial charge on any atom is -0.496 e. The predicted molar refractivity (Wildman–Crippen MR) is 120 cm³/mol. The maximum atomic E-state index is 13.1. The zero-order valence-electron chi connectivity index (χ0n) is 18.2. The van der Waals surface area contributed by atoms with Crippen LogP contribution in [0.25, 0.3) is 0 Å². The number of sulfonamides is 1. The molecule has 0 atom stereocenters. The first kappa shape index (κ1) is 24.2. The number of nitrogens with zero attached hydrogens (tertiary/aromatic N) is 1. The summed E-state index contributed by atoms with van der Waals surface area (Å²) in [5, 5.41) is 3.07. The van der Waals surface area contributed by atoms with Crippen molar-refractivity contribution < 1.29 is 32.2 Å². The highest BCUT2D eigenvalue weighted by molar-refractivity contribution is 7.89. The number of hydrogen-bond acceptors (Lipinski definition) is 8. The monoisotopic (exact) mass is 482 g/mol. The van der Waals surface area contributed by atoms with Crippen LogP contribution in [-0.4, -0.2) is 64.6 Å². The number of methoxy groups -OCH3 is 1. The number of aryl methyl sites for hydroxylation is 1. The predicted octanol–water partition coefficient (Wildman–Crippen LogP) is 2.77. The van der Waals surface area contributed by atoms with Gasteiger partial charge in [0.25, 0.3) is 5.91 Å². The summed E-state index contributed by atoms with van der Waals surface area (Å²) in [6.45, 7) is 4.97. The summed E-state index contributed by atoms with van der Waals surface area (Å²) in [6, 6.07) is 5.83. The Morgan fingerprint density at radius 3 is 2.50 bits per heavy atom. The molecule has 1 aromatic heterocycles. The minimum absolute atomic E-state index is 0.0172. The van der Waals surface area contributed by atoms with Crippen LogP contribution in [0.15, 0.2) is 29.2 Å². The van der Waals surface area contributed by atoms with Crippen molar-refractivity contribution in [2.45, 2.75) is 25.2 Å². The first-order valence-electron chi connectivity index (χ1n) is 10.2. The quantitative estimate of drug-likeness (QED) is 0.576. The van der Waals surface area contributed by atoms with Gasteiger partial charge in [-0.25, -0.2) is 13.2 Å². The molecule has 0 unspecified atom stereocenters. The van der Waals surface area contributed by atoms with Gasteiger partial charge in [-0.1, -0.05) is 6.92 Å². The van der Waals surface area contributed by atoms with Crippen LogP contribution >= 0.6 is 11.3 Å². The topological polar surface area (TPSA) is 111 Å². The molecule has 11 heteroatoms. The SMILES string of the molecule is CCOC(=O)c1cc(CC)sc1NC(=O)c1cc(S(=O)(=O)N2CCOCC2)ccc1OC. The first-order chi connectivity index (χ1) is 15.3. The lowest BCUT2D eigenvalue weighted by molar-refractivity contribution is 0.0528. The number of carbonyl (C=O) groups is 2. The zero-order valence-corrected chi connectivity index (χ0v) is 19.8. The lowest BCUT2D eigenvalue weighted by Gasteiger charge is -2.26. The van der Waals surface area contributed by atoms with Gasteiger partial charge in [0, 0.05) is 18.0 Å². The Labute approximate surface area is 191 Å². The van der Waals surface area contributed by atoms with E-state index in [9.17, 15) is 18.0 Å². The van der Waals surface area contributed by atoms with Gasteiger partial charge in [-0.2, -0.15) is 4.31 Å². The number of thiophene rings is 1. The van der Waals surface area contributed by atoms with Crippen molar-refractivity contribution in [3.8, 4) is 5.75 Å². The molecule has 1 aromatic carbocycles. The van der Waals surface area contributed by atoms with Crippen LogP contribution in [-0.2, 0) is 25.9 Å². The fourth-order valence-corrected chi connectivity index (χ4v) is 5.62. The fourth-order valence-electron chi connectivity index (χ4n) is 3.20. The summed E-state index contributed by atoms with van der Waals surface area (Å²) in [6.07, 6.45) is 0.684. The smallest absolute Gasteiger partial charge is 0.341 e. The summed E-state index contributed by atoms with van der Waals surface area (Å²) in [7, 11) is -2.40. The molecule has 0 aliphatic carbocycles. The molecule has 0 bridgehead atoms. The molecule has 3 rings (SSSR count). The number of benzene rings is 1. The lowest BCUT2D eigenvalue weighted by Crippen LogP contribution is -2.40. The maximum absolute atomic E-state index is 13.1. The van der Waals surface area contributed by atoms with Crippen LogP contribution in [0, 0.1) is 0 Å². The van der Waals surface area contributed by atoms with Crippen molar-refractivity contribution >= 4 is 38.2 Å². The Hall–Kier alpha value is -2.47. The summed E-state index contributed by atoms with van der Waals surface area (Å²) in [5.74, 6) is -0.904. The van der Waals surface area contributed by atoms with Crippen molar-refractivity contribution in [3.05, 3.63) is 40.3 Å². The number of ether oxygens (including phenoxy) is 3. The van der Waals surface area contributed by atoms with E-state index in [1.54, 1.807) is 13.0 Å². The van der Waals surface area contributed by atoms with Crippen molar-refractivity contribution in [2.24, 2.45) is 0 Å². The molecule has 1 aliphatic heterocycles. The van der Waals surface area contributed by atoms with Crippen LogP contribution in [0.4, 0.5) is 5.00 Å². The van der Waals surface area contributed by atoms with Crippen molar-refractivity contribution in [1.82, 2.24) is 4.31 Å². The molecule has 174 valence electrons. The van der Waals surface area contributed by atoms with Crippen molar-refractivity contribution in [3.63, 3.8) is 0 Å². The molecule has 1 fully saturated rings. The molecule has 32 heavy (non-hydrogen) atoms. The molecule has 2 aromatic rings. The molecular formula is C21H26N2O7S2. The van der Waals surface area contributed by atoms with Crippen LogP contribution in [0.2, 0.25) is 0 Å². The fraction of sp³-hybridized carbons (Fsp3) is 0.429. The third kappa shape index (κ3) is 5.12. The summed E-state index contributed by atoms with van der Waals surface area (Å²) >= 11 is 1.27. The minimum atomic E-state index is -3.80. The molecule has 1 amide bonds. The summed E-state index contributed by atoms with van der Waals surface area (Å²) in [5.41, 5.74) is 0.307. The van der Waals surface area contributed by atoms with E-state index in [0.29, 0.717) is 24.6 Å². The number of anilines is 1. The largest absolute Gasteiger partial charge is 0.496 e. The van der Waals surface area contributed by atoms with Gasteiger partial charge in [0.05, 0.1) is 43.0 Å². The second-order valence-corrected chi connectivity index (χ2v) is 9.94. The van der Waals surface area contributed by atoms with Gasteiger partial charge in [-0.15, -0.1) is 11.3 Å². The van der Waals surface area contributed by atoms with E-state index in [2.05, 4.69) is 5.32 Å². The number of rotatable bonds is 8. The van der Waals surface area contributed by atoms with Crippen LogP contribution in [0.3, 0.4) is 0 Å². The Bertz CT molecular complexity index is 1090. The molecule has 1 saturated heterocycles. The van der Waals surface area contributed by atoms with E-state index in [0.717, 1.165) is 4.88 Å². The highest BCUT2D eigenvalue weighted by Crippen LogP contribution is 2.31. The zero-order chi connectivity index (χ0) is 23.3. The highest BCUT2D eigenvalue weighted by Gasteiger charge is 2.28. The second kappa shape index (κ2) is 10.4. The number of carbonyl (C=O) groups excluding carboxylic acids is 2. The van der Waals surface area contributed by atoms with Gasteiger partial charge >= 0.3 is 5.97 Å². The van der Waals surface area contributed by atoms with E-state index in [1.165, 1.54) is 41.0 Å². The van der Waals surface area contributed by atoms with E-state index in [4.69, 9.17) is 14.2 Å². The van der Waals surface area contributed by atoms with E-state index in [1.807, 2.05) is 6.92 Å². The summed E-state index contributed by atoms with van der Waals surface area (Å²) < 4.78 is 43.0. The van der Waals surface area contributed by atoms with Crippen molar-refractivity contribution in [1.29, 1.82) is 0 Å². The van der Waals surface area contributed by atoms with Gasteiger partial charge in [0.2, 0.25) is 10.0 Å². The molecule has 1 N–H and O–H groups in total. The molecule has 0 radical (unpaired) electrons. The highest BCUT2D eigenvalue weighted by atomic mass is 32.2. The van der Waals surface area contributed by atoms with Gasteiger partial charge in [-0.3, -0.25) is 4.79 Å². The standard InChI is InChI=1S/C21H26N2O7S2/c1-4-14-12-17(21(25)30-5-2)20(31-14)22-19(24)16-13-15(6-7-18(16)28-3)32(26,27)23-8-10-29-11-9-23/h6-7,12-13H,4-5,8-11H2,1-3H3,(H,22,24). The first-order valence-corrected chi connectivity index (χ1v) is 12.4. The van der Waals surface area contributed by atoms with E-state index in [-0.39, 0.29) is 41.5 Å². The Kier molecular flexibility index (Phi) is 7.88. The lowest BCUT2D eigenvalue weighted by atomic mass is 10.2. The molecule has 9 nitrogen and oxygen atoms in total. The molecule has 1 aliphatic rings. The third-order valence-corrected chi connectivity index (χ3v) is 7.97. The van der Waals surface area contributed by atoms with Gasteiger partial charge in [0.15, 0.2) is 0 Å². The second-order valence-electron chi connectivity index (χ2n) is 6.86. The van der Waals surface area contributed by atoms with Crippen molar-refractivity contribution in [2.75, 3.05) is 45.3 Å². The van der Waals surface area contributed by atoms with E-state index >= 15 is 0 Å². The van der Waals surface area contributed by atoms with Gasteiger partial charge < -0.3 is 19.5 Å². The number of amides is 1. The average Bonchev–Trinajstić information content (AvgIpc) is 3.22. The van der Waals surface area contributed by atoms with E-state index < -0.39 is 21.9 Å². The number of nitrogens with one attached hydrogen (secondary N) is 1. The Morgan fingerprint density at radius 2 is 1.88 bits per heavy atom. The Morgan fingerprint density at radius 1 is 1.16 bits per heavy atom. The normalized spacial score (nSPS) is 14.7. The Balaban J connectivity index is 1.94. The third-order valence-electron chi connectivity index (χ3n) is 4.88. The van der Waals surface area contributed by atoms with Crippen LogP contribution < -0.4 is 10.1 Å². The van der Waals surface area contributed by atoms with Gasteiger partial charge in [-0.05, 0) is 37.6 Å². The number of hydrogen-bond donors (Lipinski definition) is 1. The van der Waals surface area contributed by atoms with Crippen LogP contribution in [0.1, 0.15) is 39.4 Å². The maximum Gasteiger partial charge on any atom is 0.341 e. The molecule has 0 spiro atoms. The summed E-state index contributed by atoms with van der Waals surface area (Å²) in [4.78, 5) is 26.3.